The van der Waals surface area contributed by atoms with Crippen LogP contribution in [0.15, 0.2) is 34.1 Å². The molecule has 9 heteroatoms. The predicted molar refractivity (Wildman–Crippen MR) is 118 cm³/mol. The summed E-state index contributed by atoms with van der Waals surface area (Å²) in [5.41, 5.74) is 8.72. The Morgan fingerprint density at radius 1 is 1.20 bits per heavy atom. The third-order valence-corrected chi connectivity index (χ3v) is 6.31. The van der Waals surface area contributed by atoms with Crippen LogP contribution in [0.3, 0.4) is 0 Å². The Hall–Kier alpha value is -3.33. The molecule has 0 bridgehead atoms. The van der Waals surface area contributed by atoms with E-state index in [2.05, 4.69) is 15.1 Å². The van der Waals surface area contributed by atoms with Crippen LogP contribution in [-0.4, -0.2) is 44.7 Å². The molecular formula is C21H20N6O2S. The van der Waals surface area contributed by atoms with Gasteiger partial charge in [0.05, 0.1) is 17.7 Å². The molecule has 2 aliphatic rings. The topological polar surface area (TPSA) is 106 Å². The van der Waals surface area contributed by atoms with Gasteiger partial charge in [-0.15, -0.1) is 0 Å². The van der Waals surface area contributed by atoms with Crippen molar-refractivity contribution >= 4 is 51.6 Å². The summed E-state index contributed by atoms with van der Waals surface area (Å²) in [6.45, 7) is 1.59. The van der Waals surface area contributed by atoms with Crippen molar-refractivity contribution in [2.75, 3.05) is 18.8 Å². The maximum atomic E-state index is 12.6. The van der Waals surface area contributed by atoms with Crippen LogP contribution in [0.25, 0.3) is 16.6 Å². The molecule has 0 radical (unpaired) electrons. The van der Waals surface area contributed by atoms with E-state index in [-0.39, 0.29) is 23.7 Å². The van der Waals surface area contributed by atoms with Gasteiger partial charge in [-0.3, -0.25) is 14.6 Å². The summed E-state index contributed by atoms with van der Waals surface area (Å²) in [5.74, 6) is 0.264. The Bertz CT molecular complexity index is 1270. The number of benzene rings is 1. The van der Waals surface area contributed by atoms with E-state index < -0.39 is 5.56 Å². The lowest BCUT2D eigenvalue weighted by Crippen LogP contribution is -2.36. The minimum Gasteiger partial charge on any atom is -0.383 e. The van der Waals surface area contributed by atoms with Gasteiger partial charge in [-0.25, -0.2) is 0 Å². The maximum Gasteiger partial charge on any atom is 0.283 e. The first-order chi connectivity index (χ1) is 14.6. The van der Waals surface area contributed by atoms with Crippen molar-refractivity contribution in [2.45, 2.75) is 25.7 Å². The summed E-state index contributed by atoms with van der Waals surface area (Å²) in [4.78, 5) is 36.0. The number of carbonyl (C=O) groups is 1. The summed E-state index contributed by atoms with van der Waals surface area (Å²) < 4.78 is 1.45. The first-order valence-electron chi connectivity index (χ1n) is 9.91. The fraction of sp³-hybridized carbons (Fsp3) is 0.286. The fourth-order valence-corrected chi connectivity index (χ4v) is 4.71. The van der Waals surface area contributed by atoms with Crippen molar-refractivity contribution in [3.8, 4) is 0 Å². The Balaban J connectivity index is 1.48. The summed E-state index contributed by atoms with van der Waals surface area (Å²) in [6, 6.07) is 7.69. The number of para-hydroxylation sites is 1. The van der Waals surface area contributed by atoms with Crippen LogP contribution in [0.1, 0.15) is 35.4 Å². The second-order valence-corrected chi connectivity index (χ2v) is 8.44. The molecule has 0 saturated carbocycles. The van der Waals surface area contributed by atoms with E-state index in [1.807, 2.05) is 29.2 Å². The number of aliphatic imine (C=N–C) groups is 1. The van der Waals surface area contributed by atoms with Gasteiger partial charge in [0.2, 0.25) is 10.9 Å². The number of hydrogen-bond acceptors (Lipinski definition) is 7. The van der Waals surface area contributed by atoms with Crippen LogP contribution >= 0.6 is 11.3 Å². The molecule has 0 atom stereocenters. The van der Waals surface area contributed by atoms with E-state index in [4.69, 9.17) is 5.73 Å². The van der Waals surface area contributed by atoms with Crippen LogP contribution in [0.4, 0.5) is 11.5 Å². The van der Waals surface area contributed by atoms with E-state index in [1.165, 1.54) is 22.3 Å². The fourth-order valence-electron chi connectivity index (χ4n) is 3.82. The number of allylic oxidation sites excluding steroid dienone is 1. The SMILES string of the molecule is Nc1c(/C=C2/C=Nc3ccccc32)c(=O)nc2sc(CC(=O)N3CCCCC3)nn12. The summed E-state index contributed by atoms with van der Waals surface area (Å²) in [6.07, 6.45) is 6.85. The van der Waals surface area contributed by atoms with Crippen molar-refractivity contribution < 1.29 is 4.79 Å². The Morgan fingerprint density at radius 2 is 2.00 bits per heavy atom. The molecule has 0 spiro atoms. The number of nitrogens with zero attached hydrogens (tertiary/aromatic N) is 5. The summed E-state index contributed by atoms with van der Waals surface area (Å²) in [7, 11) is 0. The molecule has 1 saturated heterocycles. The number of likely N-dealkylation sites (tertiary alicyclic amines) is 1. The van der Waals surface area contributed by atoms with Gasteiger partial charge in [0, 0.05) is 30.4 Å². The molecular weight excluding hydrogens is 400 g/mol. The van der Waals surface area contributed by atoms with E-state index in [1.54, 1.807) is 12.3 Å². The molecule has 3 aromatic rings. The monoisotopic (exact) mass is 420 g/mol. The Kier molecular flexibility index (Phi) is 4.66. The summed E-state index contributed by atoms with van der Waals surface area (Å²) >= 11 is 1.22. The highest BCUT2D eigenvalue weighted by molar-refractivity contribution is 7.16. The number of rotatable bonds is 3. The third kappa shape index (κ3) is 3.30. The van der Waals surface area contributed by atoms with Crippen molar-refractivity contribution in [3.63, 3.8) is 0 Å². The highest BCUT2D eigenvalue weighted by atomic mass is 32.1. The first-order valence-corrected chi connectivity index (χ1v) is 10.7. The van der Waals surface area contributed by atoms with Crippen LogP contribution in [0.5, 0.6) is 0 Å². The molecule has 2 aromatic heterocycles. The standard InChI is InChI=1S/C21H20N6O2S/c22-19-15(10-13-12-23-16-7-3-2-6-14(13)16)20(29)24-21-27(19)25-17(30-21)11-18(28)26-8-4-1-5-9-26/h2-3,6-7,10,12H,1,4-5,8-9,11,22H2/b13-10-. The highest BCUT2D eigenvalue weighted by Gasteiger charge is 2.21. The molecule has 1 fully saturated rings. The number of nitrogens with two attached hydrogens (primary N) is 1. The van der Waals surface area contributed by atoms with Crippen LogP contribution < -0.4 is 11.3 Å². The molecule has 4 heterocycles. The number of nitrogen functional groups attached to an aromatic ring is 1. The minimum absolute atomic E-state index is 0.0522. The lowest BCUT2D eigenvalue weighted by molar-refractivity contribution is -0.131. The molecule has 152 valence electrons. The van der Waals surface area contributed by atoms with Crippen LogP contribution in [0.2, 0.25) is 0 Å². The Labute approximate surface area is 176 Å². The van der Waals surface area contributed by atoms with Crippen molar-refractivity contribution in [2.24, 2.45) is 4.99 Å². The Morgan fingerprint density at radius 3 is 2.83 bits per heavy atom. The second kappa shape index (κ2) is 7.49. The molecule has 2 N–H and O–H groups in total. The molecule has 1 amide bonds. The molecule has 0 unspecified atom stereocenters. The van der Waals surface area contributed by atoms with E-state index >= 15 is 0 Å². The van der Waals surface area contributed by atoms with E-state index in [0.29, 0.717) is 9.97 Å². The molecule has 8 nitrogen and oxygen atoms in total. The van der Waals surface area contributed by atoms with Crippen LogP contribution in [-0.2, 0) is 11.2 Å². The van der Waals surface area contributed by atoms with Gasteiger partial charge in [-0.05, 0) is 31.4 Å². The zero-order valence-corrected chi connectivity index (χ0v) is 17.1. The van der Waals surface area contributed by atoms with Gasteiger partial charge in [0.25, 0.3) is 5.56 Å². The normalized spacial score (nSPS) is 17.1. The van der Waals surface area contributed by atoms with Gasteiger partial charge >= 0.3 is 0 Å². The number of aromatic nitrogens is 3. The van der Waals surface area contributed by atoms with Crippen molar-refractivity contribution in [1.82, 2.24) is 19.5 Å². The molecule has 30 heavy (non-hydrogen) atoms. The third-order valence-electron chi connectivity index (χ3n) is 5.40. The van der Waals surface area contributed by atoms with Gasteiger partial charge in [0.1, 0.15) is 10.8 Å². The number of hydrogen-bond donors (Lipinski definition) is 1. The largest absolute Gasteiger partial charge is 0.383 e. The zero-order valence-electron chi connectivity index (χ0n) is 16.2. The average Bonchev–Trinajstić information content (AvgIpc) is 3.35. The zero-order chi connectivity index (χ0) is 20.7. The van der Waals surface area contributed by atoms with Gasteiger partial charge in [-0.2, -0.15) is 14.6 Å². The van der Waals surface area contributed by atoms with E-state index in [9.17, 15) is 9.59 Å². The van der Waals surface area contributed by atoms with E-state index in [0.717, 1.165) is 42.8 Å². The van der Waals surface area contributed by atoms with Crippen molar-refractivity contribution in [1.29, 1.82) is 0 Å². The highest BCUT2D eigenvalue weighted by Crippen LogP contribution is 2.32. The number of amides is 1. The quantitative estimate of drug-likeness (QED) is 0.701. The molecule has 0 aliphatic carbocycles. The lowest BCUT2D eigenvalue weighted by Gasteiger charge is -2.26. The minimum atomic E-state index is -0.421. The summed E-state index contributed by atoms with van der Waals surface area (Å²) in [5, 5.41) is 5.06. The molecule has 2 aliphatic heterocycles. The maximum absolute atomic E-state index is 12.6. The van der Waals surface area contributed by atoms with Gasteiger partial charge in [-0.1, -0.05) is 29.5 Å². The average molecular weight is 420 g/mol. The number of anilines is 1. The van der Waals surface area contributed by atoms with Gasteiger partial charge < -0.3 is 10.6 Å². The predicted octanol–water partition coefficient (Wildman–Crippen LogP) is 2.54. The number of fused-ring (bicyclic) bond motifs is 2. The smallest absolute Gasteiger partial charge is 0.283 e. The number of carbonyl (C=O) groups excluding carboxylic acids is 1. The lowest BCUT2D eigenvalue weighted by atomic mass is 10.1. The second-order valence-electron chi connectivity index (χ2n) is 7.40. The number of piperidine rings is 1. The first kappa shape index (κ1) is 18.7. The molecule has 5 rings (SSSR count). The van der Waals surface area contributed by atoms with Crippen LogP contribution in [0, 0.1) is 0 Å². The molecule has 1 aromatic carbocycles. The van der Waals surface area contributed by atoms with Crippen molar-refractivity contribution in [3.05, 3.63) is 50.8 Å². The van der Waals surface area contributed by atoms with Gasteiger partial charge in [0.15, 0.2) is 0 Å².